The lowest BCUT2D eigenvalue weighted by molar-refractivity contribution is -0.160. The number of likely N-dealkylation sites (tertiary alicyclic amines) is 1. The van der Waals surface area contributed by atoms with E-state index in [0.717, 1.165) is 18.8 Å². The zero-order chi connectivity index (χ0) is 27.1. The van der Waals surface area contributed by atoms with Gasteiger partial charge in [0.2, 0.25) is 11.8 Å². The number of ether oxygens (including phenoxy) is 2. The van der Waals surface area contributed by atoms with Gasteiger partial charge in [0.15, 0.2) is 0 Å². The second kappa shape index (κ2) is 10.3. The predicted octanol–water partition coefficient (Wildman–Crippen LogP) is 2.82. The molecule has 1 spiro atoms. The lowest BCUT2D eigenvalue weighted by atomic mass is 9.66. The molecule has 2 unspecified atom stereocenters. The van der Waals surface area contributed by atoms with E-state index in [1.54, 1.807) is 6.92 Å². The van der Waals surface area contributed by atoms with Crippen LogP contribution < -0.4 is 10.2 Å². The van der Waals surface area contributed by atoms with Gasteiger partial charge in [-0.1, -0.05) is 13.8 Å². The highest BCUT2D eigenvalue weighted by atomic mass is 16.6. The average Bonchev–Trinajstić information content (AvgIpc) is 3.42. The van der Waals surface area contributed by atoms with Gasteiger partial charge in [0.05, 0.1) is 30.8 Å². The SMILES string of the molecule is CCOC(=O)[C@@H]1[C@H]2C(=O)N([C@@H](CO)C(C)C)C(C(=O)Nc3ccc(N(CC)CC)cc3)C23CC[C@@]1(C)O3. The van der Waals surface area contributed by atoms with Crippen LogP contribution in [-0.4, -0.2) is 77.4 Å². The van der Waals surface area contributed by atoms with Crippen LogP contribution >= 0.6 is 0 Å². The molecule has 0 aromatic heterocycles. The molecule has 3 heterocycles. The van der Waals surface area contributed by atoms with Crippen molar-refractivity contribution in [2.75, 3.05) is 36.5 Å². The minimum absolute atomic E-state index is 0.110. The molecular weight excluding hydrogens is 474 g/mol. The van der Waals surface area contributed by atoms with Gasteiger partial charge in [0.1, 0.15) is 17.6 Å². The van der Waals surface area contributed by atoms with Crippen molar-refractivity contribution in [1.29, 1.82) is 0 Å². The third-order valence-corrected chi connectivity index (χ3v) is 8.58. The molecule has 2 N–H and O–H groups in total. The summed E-state index contributed by atoms with van der Waals surface area (Å²) < 4.78 is 11.9. The van der Waals surface area contributed by atoms with Crippen molar-refractivity contribution in [3.63, 3.8) is 0 Å². The summed E-state index contributed by atoms with van der Waals surface area (Å²) in [5.41, 5.74) is -0.368. The van der Waals surface area contributed by atoms with Crippen LogP contribution in [0.3, 0.4) is 0 Å². The van der Waals surface area contributed by atoms with Gasteiger partial charge in [-0.25, -0.2) is 0 Å². The first-order valence-corrected chi connectivity index (χ1v) is 13.5. The molecule has 1 aromatic rings. The van der Waals surface area contributed by atoms with E-state index >= 15 is 0 Å². The van der Waals surface area contributed by atoms with Crippen LogP contribution in [-0.2, 0) is 23.9 Å². The summed E-state index contributed by atoms with van der Waals surface area (Å²) in [7, 11) is 0. The van der Waals surface area contributed by atoms with Gasteiger partial charge in [-0.3, -0.25) is 14.4 Å². The highest BCUT2D eigenvalue weighted by Gasteiger charge is 2.78. The molecule has 0 radical (unpaired) electrons. The average molecular weight is 516 g/mol. The number of aliphatic hydroxyl groups excluding tert-OH is 1. The van der Waals surface area contributed by atoms with Gasteiger partial charge in [-0.05, 0) is 70.7 Å². The van der Waals surface area contributed by atoms with E-state index in [1.807, 2.05) is 45.0 Å². The smallest absolute Gasteiger partial charge is 0.312 e. The van der Waals surface area contributed by atoms with Crippen LogP contribution in [0.15, 0.2) is 24.3 Å². The number of amides is 2. The van der Waals surface area contributed by atoms with Crippen molar-refractivity contribution in [3.05, 3.63) is 24.3 Å². The molecule has 0 saturated carbocycles. The fourth-order valence-electron chi connectivity index (χ4n) is 6.79. The lowest BCUT2D eigenvalue weighted by Gasteiger charge is -2.38. The Labute approximate surface area is 219 Å². The van der Waals surface area contributed by atoms with Crippen LogP contribution in [0.1, 0.15) is 54.4 Å². The Morgan fingerprint density at radius 2 is 1.84 bits per heavy atom. The Hall–Kier alpha value is -2.65. The standard InChI is InChI=1S/C28H41N3O6/c1-7-30(8-2)19-12-10-18(11-13-19)29-24(33)23-28-15-14-27(6,37-28)22(26(35)36-9-3)21(28)25(34)31(23)20(16-32)17(4)5/h10-13,17,20-23,32H,7-9,14-16H2,1-6H3,(H,29,33)/t20-,21-,22-,23?,27+,28?/m0/s1. The molecule has 6 atom stereocenters. The van der Waals surface area contributed by atoms with Crippen molar-refractivity contribution in [3.8, 4) is 0 Å². The summed E-state index contributed by atoms with van der Waals surface area (Å²) in [5, 5.41) is 13.3. The van der Waals surface area contributed by atoms with E-state index in [4.69, 9.17) is 9.47 Å². The van der Waals surface area contributed by atoms with Gasteiger partial charge >= 0.3 is 5.97 Å². The van der Waals surface area contributed by atoms with Crippen molar-refractivity contribution in [2.45, 2.75) is 77.7 Å². The van der Waals surface area contributed by atoms with E-state index < -0.39 is 41.1 Å². The number of nitrogens with one attached hydrogen (secondary N) is 1. The van der Waals surface area contributed by atoms with Gasteiger partial charge in [-0.15, -0.1) is 0 Å². The zero-order valence-electron chi connectivity index (χ0n) is 22.8. The molecule has 3 aliphatic rings. The number of hydrogen-bond acceptors (Lipinski definition) is 7. The monoisotopic (exact) mass is 515 g/mol. The highest BCUT2D eigenvalue weighted by Crippen LogP contribution is 2.63. The molecule has 9 nitrogen and oxygen atoms in total. The second-order valence-corrected chi connectivity index (χ2v) is 10.9. The summed E-state index contributed by atoms with van der Waals surface area (Å²) in [6, 6.07) is 6.05. The molecule has 4 rings (SSSR count). The molecule has 3 saturated heterocycles. The fourth-order valence-corrected chi connectivity index (χ4v) is 6.79. The first-order valence-electron chi connectivity index (χ1n) is 13.5. The molecule has 204 valence electrons. The van der Waals surface area contributed by atoms with E-state index in [2.05, 4.69) is 24.1 Å². The summed E-state index contributed by atoms with van der Waals surface area (Å²) in [5.74, 6) is -2.91. The lowest BCUT2D eigenvalue weighted by Crippen LogP contribution is -2.57. The molecule has 3 fully saturated rings. The minimum atomic E-state index is -1.16. The number of rotatable bonds is 10. The van der Waals surface area contributed by atoms with Gasteiger partial charge in [0, 0.05) is 24.5 Å². The molecule has 37 heavy (non-hydrogen) atoms. The van der Waals surface area contributed by atoms with Gasteiger partial charge in [-0.2, -0.15) is 0 Å². The number of aliphatic hydroxyl groups is 1. The van der Waals surface area contributed by atoms with Crippen LogP contribution in [0.2, 0.25) is 0 Å². The number of fused-ring (bicyclic) bond motifs is 1. The number of esters is 1. The third kappa shape index (κ3) is 4.30. The minimum Gasteiger partial charge on any atom is -0.466 e. The largest absolute Gasteiger partial charge is 0.466 e. The van der Waals surface area contributed by atoms with E-state index in [1.165, 1.54) is 4.90 Å². The quantitative estimate of drug-likeness (QED) is 0.461. The van der Waals surface area contributed by atoms with E-state index in [9.17, 15) is 19.5 Å². The molecule has 2 bridgehead atoms. The number of benzene rings is 1. The highest BCUT2D eigenvalue weighted by molar-refractivity contribution is 6.03. The maximum atomic E-state index is 14.0. The number of anilines is 2. The first kappa shape index (κ1) is 27.4. The van der Waals surface area contributed by atoms with Crippen molar-refractivity contribution in [1.82, 2.24) is 4.90 Å². The predicted molar refractivity (Wildman–Crippen MR) is 140 cm³/mol. The van der Waals surface area contributed by atoms with Crippen molar-refractivity contribution < 1.29 is 29.0 Å². The van der Waals surface area contributed by atoms with Gasteiger partial charge in [0.25, 0.3) is 0 Å². The Kier molecular flexibility index (Phi) is 7.59. The summed E-state index contributed by atoms with van der Waals surface area (Å²) in [6.07, 6.45) is 1.02. The molecule has 1 aromatic carbocycles. The molecule has 9 heteroatoms. The van der Waals surface area contributed by atoms with Crippen molar-refractivity contribution in [2.24, 2.45) is 17.8 Å². The second-order valence-electron chi connectivity index (χ2n) is 10.9. The number of carbonyl (C=O) groups is 3. The summed E-state index contributed by atoms with van der Waals surface area (Å²) in [6.45, 7) is 13.2. The van der Waals surface area contributed by atoms with Gasteiger partial charge < -0.3 is 29.7 Å². The Bertz CT molecular complexity index is 1030. The van der Waals surface area contributed by atoms with Crippen molar-refractivity contribution >= 4 is 29.2 Å². The van der Waals surface area contributed by atoms with Crippen LogP contribution in [0.4, 0.5) is 11.4 Å². The molecule has 2 amide bonds. The fraction of sp³-hybridized carbons (Fsp3) is 0.679. The van der Waals surface area contributed by atoms with Crippen LogP contribution in [0.25, 0.3) is 0 Å². The maximum absolute atomic E-state index is 14.0. The van der Waals surface area contributed by atoms with E-state index in [-0.39, 0.29) is 30.9 Å². The Morgan fingerprint density at radius 1 is 1.19 bits per heavy atom. The number of hydrogen-bond donors (Lipinski definition) is 2. The molecule has 0 aliphatic carbocycles. The maximum Gasteiger partial charge on any atom is 0.312 e. The number of nitrogens with zero attached hydrogens (tertiary/aromatic N) is 2. The summed E-state index contributed by atoms with van der Waals surface area (Å²) in [4.78, 5) is 44.8. The first-order chi connectivity index (χ1) is 17.6. The summed E-state index contributed by atoms with van der Waals surface area (Å²) >= 11 is 0. The molecule has 3 aliphatic heterocycles. The number of carbonyl (C=O) groups excluding carboxylic acids is 3. The Morgan fingerprint density at radius 3 is 2.38 bits per heavy atom. The van der Waals surface area contributed by atoms with Crippen LogP contribution in [0, 0.1) is 17.8 Å². The van der Waals surface area contributed by atoms with E-state index in [0.29, 0.717) is 18.5 Å². The normalized spacial score (nSPS) is 31.0. The topological polar surface area (TPSA) is 108 Å². The molecular formula is C28H41N3O6. The Balaban J connectivity index is 1.71. The third-order valence-electron chi connectivity index (χ3n) is 8.58. The zero-order valence-corrected chi connectivity index (χ0v) is 22.8. The van der Waals surface area contributed by atoms with Crippen LogP contribution in [0.5, 0.6) is 0 Å².